The number of pyridine rings is 1. The predicted molar refractivity (Wildman–Crippen MR) is 190 cm³/mol. The Kier molecular flexibility index (Phi) is 13.8. The van der Waals surface area contributed by atoms with Crippen molar-refractivity contribution in [2.75, 3.05) is 0 Å². The first-order valence-corrected chi connectivity index (χ1v) is 16.6. The second-order valence-corrected chi connectivity index (χ2v) is 10.6. The zero-order valence-electron chi connectivity index (χ0n) is 29.3. The van der Waals surface area contributed by atoms with Crippen LogP contribution >= 0.6 is 0 Å². The van der Waals surface area contributed by atoms with Gasteiger partial charge in [-0.05, 0) is 55.0 Å². The summed E-state index contributed by atoms with van der Waals surface area (Å²) in [6.45, 7) is 17.5. The average Bonchev–Trinajstić information content (AvgIpc) is 3.50. The Morgan fingerprint density at radius 1 is 0.915 bits per heavy atom. The number of hydrogen-bond acceptors (Lipinski definition) is 7. The molecule has 3 aromatic heterocycles. The Hall–Kier alpha value is -4.92. The minimum Gasteiger partial charge on any atom is -0.318 e. The van der Waals surface area contributed by atoms with Gasteiger partial charge >= 0.3 is 5.97 Å². The van der Waals surface area contributed by atoms with Gasteiger partial charge in [-0.1, -0.05) is 108 Å². The van der Waals surface area contributed by atoms with Crippen molar-refractivity contribution in [3.8, 4) is 11.1 Å². The summed E-state index contributed by atoms with van der Waals surface area (Å²) >= 11 is 0. The molecule has 9 heteroatoms. The van der Waals surface area contributed by atoms with Gasteiger partial charge in [0.15, 0.2) is 0 Å². The average molecular weight is 637 g/mol. The molecule has 248 valence electrons. The summed E-state index contributed by atoms with van der Waals surface area (Å²) in [4.78, 5) is 39.4. The lowest BCUT2D eigenvalue weighted by atomic mass is 9.95. The minimum absolute atomic E-state index is 0.0605. The van der Waals surface area contributed by atoms with Gasteiger partial charge in [0.25, 0.3) is 5.56 Å². The van der Waals surface area contributed by atoms with Gasteiger partial charge < -0.3 is 4.84 Å². The largest absolute Gasteiger partial charge is 0.331 e. The third-order valence-electron chi connectivity index (χ3n) is 7.39. The molecule has 0 radical (unpaired) electrons. The van der Waals surface area contributed by atoms with E-state index >= 15 is 0 Å². The van der Waals surface area contributed by atoms with Crippen LogP contribution in [-0.4, -0.2) is 35.8 Å². The molecule has 2 aromatic carbocycles. The molecule has 0 bridgehead atoms. The second-order valence-electron chi connectivity index (χ2n) is 10.6. The van der Waals surface area contributed by atoms with Gasteiger partial charge in [0, 0.05) is 36.4 Å². The van der Waals surface area contributed by atoms with Crippen molar-refractivity contribution in [2.45, 2.75) is 94.5 Å². The van der Waals surface area contributed by atoms with E-state index in [9.17, 15) is 9.59 Å². The highest BCUT2D eigenvalue weighted by molar-refractivity contribution is 6.04. The molecule has 0 aliphatic rings. The lowest BCUT2D eigenvalue weighted by Gasteiger charge is -2.16. The Labute approximate surface area is 278 Å². The number of carbonyl (C=O) groups excluding carboxylic acids is 1. The first-order valence-electron chi connectivity index (χ1n) is 16.6. The topological polar surface area (TPSA) is 104 Å². The van der Waals surface area contributed by atoms with E-state index in [-0.39, 0.29) is 5.56 Å². The lowest BCUT2D eigenvalue weighted by molar-refractivity contribution is -0.140. The highest BCUT2D eigenvalue weighted by atomic mass is 16.7. The molecule has 0 saturated heterocycles. The van der Waals surface area contributed by atoms with Gasteiger partial charge in [-0.2, -0.15) is 10.1 Å². The number of hydrogen-bond donors (Lipinski definition) is 0. The van der Waals surface area contributed by atoms with Crippen molar-refractivity contribution in [1.82, 2.24) is 24.1 Å². The van der Waals surface area contributed by atoms with E-state index in [0.29, 0.717) is 36.7 Å². The number of carbonyl (C=O) groups is 1. The van der Waals surface area contributed by atoms with Gasteiger partial charge in [0.05, 0.1) is 18.0 Å². The molecule has 0 unspecified atom stereocenters. The van der Waals surface area contributed by atoms with E-state index in [1.807, 2.05) is 113 Å². The predicted octanol–water partition coefficient (Wildman–Crippen LogP) is 7.75. The number of aryl methyl sites for hydroxylation is 3. The standard InChI is InChI=1S/C34H36N6O3.2C2H6/c1-6-10-32-31(33(42)39(34-36-23(4)37-40(32)34)21-26-15-18-28(7-2)35-20-26)19-25-13-16-27(17-14-25)30-12-9-8-11-29(30)22(3)38-43-24(5)41;2*1-2/h8-9,11-18,20H,6-7,10,19,21H2,1-5H3;2*1-2H3/b38-22+;;. The van der Waals surface area contributed by atoms with Crippen LogP contribution in [0.3, 0.4) is 0 Å². The normalized spacial score (nSPS) is 11.0. The molecule has 0 saturated carbocycles. The van der Waals surface area contributed by atoms with Crippen molar-refractivity contribution < 1.29 is 9.63 Å². The number of aromatic nitrogens is 5. The minimum atomic E-state index is -0.465. The fraction of sp³-hybridized carbons (Fsp3) is 0.368. The first kappa shape index (κ1) is 36.5. The van der Waals surface area contributed by atoms with E-state index in [1.165, 1.54) is 6.92 Å². The molecule has 0 N–H and O–H groups in total. The number of benzene rings is 2. The Balaban J connectivity index is 0.00000144. The fourth-order valence-electron chi connectivity index (χ4n) is 5.26. The Bertz CT molecular complexity index is 1850. The molecular formula is C38H48N6O3. The van der Waals surface area contributed by atoms with E-state index in [0.717, 1.165) is 57.6 Å². The highest BCUT2D eigenvalue weighted by Gasteiger charge is 2.20. The Morgan fingerprint density at radius 3 is 2.21 bits per heavy atom. The number of nitrogens with zero attached hydrogens (tertiary/aromatic N) is 6. The van der Waals surface area contributed by atoms with E-state index < -0.39 is 5.97 Å². The van der Waals surface area contributed by atoms with Gasteiger partial charge in [-0.15, -0.1) is 0 Å². The van der Waals surface area contributed by atoms with E-state index in [4.69, 9.17) is 9.94 Å². The summed E-state index contributed by atoms with van der Waals surface area (Å²) in [7, 11) is 0. The van der Waals surface area contributed by atoms with Crippen LogP contribution in [0.25, 0.3) is 16.9 Å². The fourth-order valence-corrected chi connectivity index (χ4v) is 5.26. The summed E-state index contributed by atoms with van der Waals surface area (Å²) in [6.07, 6.45) is 4.74. The van der Waals surface area contributed by atoms with Crippen LogP contribution in [0.4, 0.5) is 0 Å². The van der Waals surface area contributed by atoms with Crippen molar-refractivity contribution >= 4 is 17.5 Å². The summed E-state index contributed by atoms with van der Waals surface area (Å²) < 4.78 is 3.56. The van der Waals surface area contributed by atoms with E-state index in [1.54, 1.807) is 4.57 Å². The smallest absolute Gasteiger partial charge is 0.318 e. The Morgan fingerprint density at radius 2 is 1.60 bits per heavy atom. The zero-order chi connectivity index (χ0) is 34.5. The lowest BCUT2D eigenvalue weighted by Crippen LogP contribution is -2.30. The number of rotatable bonds is 10. The quantitative estimate of drug-likeness (QED) is 0.0882. The van der Waals surface area contributed by atoms with Crippen LogP contribution in [-0.2, 0) is 35.4 Å². The van der Waals surface area contributed by atoms with Crippen LogP contribution in [0.1, 0.15) is 101 Å². The molecule has 47 heavy (non-hydrogen) atoms. The summed E-state index contributed by atoms with van der Waals surface area (Å²) in [5, 5.41) is 8.67. The first-order chi connectivity index (χ1) is 22.8. The molecule has 0 spiro atoms. The maximum Gasteiger partial charge on any atom is 0.331 e. The van der Waals surface area contributed by atoms with E-state index in [2.05, 4.69) is 29.0 Å². The molecule has 5 aromatic rings. The number of fused-ring (bicyclic) bond motifs is 1. The van der Waals surface area contributed by atoms with Crippen LogP contribution in [0.15, 0.2) is 76.8 Å². The molecule has 9 nitrogen and oxygen atoms in total. The number of oxime groups is 1. The maximum absolute atomic E-state index is 14.1. The van der Waals surface area contributed by atoms with Gasteiger partial charge in [-0.25, -0.2) is 9.31 Å². The molecule has 3 heterocycles. The molecule has 0 amide bonds. The van der Waals surface area contributed by atoms with Crippen molar-refractivity contribution in [3.63, 3.8) is 0 Å². The third-order valence-corrected chi connectivity index (χ3v) is 7.39. The molecule has 0 aliphatic heterocycles. The van der Waals surface area contributed by atoms with Crippen LogP contribution in [0.5, 0.6) is 0 Å². The summed E-state index contributed by atoms with van der Waals surface area (Å²) in [5.41, 5.74) is 7.96. The van der Waals surface area contributed by atoms with Crippen molar-refractivity contribution in [2.24, 2.45) is 5.16 Å². The van der Waals surface area contributed by atoms with Gasteiger partial charge in [0.1, 0.15) is 5.82 Å². The molecular weight excluding hydrogens is 588 g/mol. The monoisotopic (exact) mass is 636 g/mol. The van der Waals surface area contributed by atoms with Crippen molar-refractivity contribution in [1.29, 1.82) is 0 Å². The summed E-state index contributed by atoms with van der Waals surface area (Å²) in [5.74, 6) is 0.706. The molecule has 0 fully saturated rings. The summed E-state index contributed by atoms with van der Waals surface area (Å²) in [6, 6.07) is 20.1. The molecule has 5 rings (SSSR count). The zero-order valence-corrected chi connectivity index (χ0v) is 29.3. The molecule has 0 atom stereocenters. The van der Waals surface area contributed by atoms with Gasteiger partial charge in [0.2, 0.25) is 5.78 Å². The second kappa shape index (κ2) is 17.7. The van der Waals surface area contributed by atoms with Crippen LogP contribution in [0, 0.1) is 6.92 Å². The SMILES string of the molecule is CC.CC.CCCc1c(Cc2ccc(-c3ccccc3/C(C)=N/OC(C)=O)cc2)c(=O)n(Cc2ccc(CC)nc2)c2nc(C)nn12. The third kappa shape index (κ3) is 8.87. The maximum atomic E-state index is 14.1. The van der Waals surface area contributed by atoms with Crippen molar-refractivity contribution in [3.05, 3.63) is 117 Å². The van der Waals surface area contributed by atoms with Gasteiger partial charge in [-0.3, -0.25) is 14.3 Å². The van der Waals surface area contributed by atoms with Crippen LogP contribution < -0.4 is 5.56 Å². The van der Waals surface area contributed by atoms with Crippen LogP contribution in [0.2, 0.25) is 0 Å². The highest BCUT2D eigenvalue weighted by Crippen LogP contribution is 2.26. The molecule has 0 aliphatic carbocycles.